The first-order chi connectivity index (χ1) is 8.42. The third-order valence-electron chi connectivity index (χ3n) is 3.58. The van der Waals surface area contributed by atoms with Crippen LogP contribution < -0.4 is 5.32 Å². The molecule has 0 amide bonds. The number of aryl methyl sites for hydroxylation is 1. The van der Waals surface area contributed by atoms with Gasteiger partial charge in [0, 0.05) is 25.6 Å². The maximum Gasteiger partial charge on any atom is 0.181 e. The van der Waals surface area contributed by atoms with Gasteiger partial charge in [-0.15, -0.1) is 0 Å². The lowest BCUT2D eigenvalue weighted by Gasteiger charge is -2.08. The van der Waals surface area contributed by atoms with E-state index in [1.165, 1.54) is 25.7 Å². The average molecular weight is 236 g/mol. The second kappa shape index (κ2) is 5.19. The van der Waals surface area contributed by atoms with Crippen molar-refractivity contribution >= 4 is 0 Å². The van der Waals surface area contributed by atoms with Gasteiger partial charge in [-0.1, -0.05) is 0 Å². The molecule has 0 radical (unpaired) electrons. The van der Waals surface area contributed by atoms with Crippen LogP contribution in [0.3, 0.4) is 0 Å². The fourth-order valence-electron chi connectivity index (χ4n) is 2.33. The number of ether oxygens (including phenoxy) is 1. The van der Waals surface area contributed by atoms with Crippen LogP contribution in [0.2, 0.25) is 0 Å². The standard InChI is InChI=1S/C13H20N2O2/c1-2-11(16-7-1)5-6-13-12(15-9-17-13)8-14-10-3-4-10/h9-11,14H,1-8H2. The lowest BCUT2D eigenvalue weighted by Crippen LogP contribution is -2.17. The molecule has 1 unspecified atom stereocenters. The van der Waals surface area contributed by atoms with E-state index in [1.54, 1.807) is 6.39 Å². The van der Waals surface area contributed by atoms with Crippen molar-refractivity contribution in [1.29, 1.82) is 0 Å². The maximum absolute atomic E-state index is 5.62. The summed E-state index contributed by atoms with van der Waals surface area (Å²) in [6.45, 7) is 1.78. The molecule has 2 aliphatic rings. The van der Waals surface area contributed by atoms with Gasteiger partial charge < -0.3 is 14.5 Å². The van der Waals surface area contributed by atoms with Crippen LogP contribution in [0.15, 0.2) is 10.8 Å². The number of nitrogens with one attached hydrogen (secondary N) is 1. The van der Waals surface area contributed by atoms with Crippen LogP contribution in [0.1, 0.15) is 43.6 Å². The molecule has 2 fully saturated rings. The fraction of sp³-hybridized carbons (Fsp3) is 0.769. The molecule has 17 heavy (non-hydrogen) atoms. The number of nitrogens with zero attached hydrogens (tertiary/aromatic N) is 1. The van der Waals surface area contributed by atoms with E-state index in [1.807, 2.05) is 0 Å². The molecule has 1 saturated carbocycles. The molecule has 1 N–H and O–H groups in total. The van der Waals surface area contributed by atoms with E-state index in [0.29, 0.717) is 6.10 Å². The molecule has 2 heterocycles. The number of rotatable bonds is 6. The van der Waals surface area contributed by atoms with Crippen LogP contribution in [-0.2, 0) is 17.7 Å². The highest BCUT2D eigenvalue weighted by Gasteiger charge is 2.22. The van der Waals surface area contributed by atoms with Crippen LogP contribution in [0.5, 0.6) is 0 Å². The lowest BCUT2D eigenvalue weighted by atomic mass is 10.1. The van der Waals surface area contributed by atoms with Crippen molar-refractivity contribution in [1.82, 2.24) is 10.3 Å². The van der Waals surface area contributed by atoms with Gasteiger partial charge in [0.25, 0.3) is 0 Å². The van der Waals surface area contributed by atoms with Gasteiger partial charge in [-0.05, 0) is 32.1 Å². The number of hydrogen-bond acceptors (Lipinski definition) is 4. The van der Waals surface area contributed by atoms with Crippen molar-refractivity contribution in [3.8, 4) is 0 Å². The zero-order valence-electron chi connectivity index (χ0n) is 10.2. The van der Waals surface area contributed by atoms with E-state index >= 15 is 0 Å². The molecular formula is C13H20N2O2. The smallest absolute Gasteiger partial charge is 0.181 e. The summed E-state index contributed by atoms with van der Waals surface area (Å²) in [5.41, 5.74) is 1.08. The summed E-state index contributed by atoms with van der Waals surface area (Å²) in [7, 11) is 0. The van der Waals surface area contributed by atoms with Crippen molar-refractivity contribution in [2.75, 3.05) is 6.61 Å². The Morgan fingerprint density at radius 1 is 1.35 bits per heavy atom. The second-order valence-corrected chi connectivity index (χ2v) is 5.05. The third kappa shape index (κ3) is 3.07. The van der Waals surface area contributed by atoms with Crippen LogP contribution in [0.25, 0.3) is 0 Å². The summed E-state index contributed by atoms with van der Waals surface area (Å²) in [6.07, 6.45) is 9.03. The summed E-state index contributed by atoms with van der Waals surface area (Å²) >= 11 is 0. The van der Waals surface area contributed by atoms with Crippen LogP contribution >= 0.6 is 0 Å². The van der Waals surface area contributed by atoms with E-state index in [4.69, 9.17) is 9.15 Å². The molecule has 94 valence electrons. The molecule has 4 heteroatoms. The topological polar surface area (TPSA) is 47.3 Å². The predicted molar refractivity (Wildman–Crippen MR) is 63.7 cm³/mol. The van der Waals surface area contributed by atoms with Crippen molar-refractivity contribution in [3.05, 3.63) is 17.8 Å². The summed E-state index contributed by atoms with van der Waals surface area (Å²) < 4.78 is 11.1. The Morgan fingerprint density at radius 2 is 2.29 bits per heavy atom. The summed E-state index contributed by atoms with van der Waals surface area (Å²) in [5.74, 6) is 1.04. The fourth-order valence-corrected chi connectivity index (χ4v) is 2.33. The van der Waals surface area contributed by atoms with E-state index in [9.17, 15) is 0 Å². The monoisotopic (exact) mass is 236 g/mol. The minimum absolute atomic E-state index is 0.435. The first-order valence-electron chi connectivity index (χ1n) is 6.68. The van der Waals surface area contributed by atoms with Crippen molar-refractivity contribution < 1.29 is 9.15 Å². The van der Waals surface area contributed by atoms with E-state index in [-0.39, 0.29) is 0 Å². The minimum Gasteiger partial charge on any atom is -0.448 e. The van der Waals surface area contributed by atoms with Crippen LogP contribution in [-0.4, -0.2) is 23.7 Å². The number of hydrogen-bond donors (Lipinski definition) is 1. The Hall–Kier alpha value is -0.870. The minimum atomic E-state index is 0.435. The molecule has 1 aromatic rings. The lowest BCUT2D eigenvalue weighted by molar-refractivity contribution is 0.103. The molecule has 0 bridgehead atoms. The normalized spacial score (nSPS) is 24.4. The second-order valence-electron chi connectivity index (χ2n) is 5.05. The van der Waals surface area contributed by atoms with E-state index < -0.39 is 0 Å². The van der Waals surface area contributed by atoms with Crippen molar-refractivity contribution in [2.45, 2.75) is 57.2 Å². The van der Waals surface area contributed by atoms with Gasteiger partial charge in [0.1, 0.15) is 5.76 Å². The predicted octanol–water partition coefficient (Wildman–Crippen LogP) is 2.04. The van der Waals surface area contributed by atoms with Gasteiger partial charge in [-0.2, -0.15) is 0 Å². The molecule has 0 spiro atoms. The SMILES string of the molecule is c1nc(CNC2CC2)c(CCC2CCCO2)o1. The first kappa shape index (κ1) is 11.2. The number of oxazole rings is 1. The Morgan fingerprint density at radius 3 is 3.06 bits per heavy atom. The molecule has 1 atom stereocenters. The molecule has 1 aliphatic heterocycles. The van der Waals surface area contributed by atoms with Gasteiger partial charge >= 0.3 is 0 Å². The zero-order valence-corrected chi connectivity index (χ0v) is 10.2. The third-order valence-corrected chi connectivity index (χ3v) is 3.58. The maximum atomic E-state index is 5.62. The van der Waals surface area contributed by atoms with Gasteiger partial charge in [0.05, 0.1) is 11.8 Å². The van der Waals surface area contributed by atoms with Crippen LogP contribution in [0, 0.1) is 0 Å². The van der Waals surface area contributed by atoms with Crippen molar-refractivity contribution in [3.63, 3.8) is 0 Å². The van der Waals surface area contributed by atoms with Crippen LogP contribution in [0.4, 0.5) is 0 Å². The molecule has 1 aliphatic carbocycles. The summed E-state index contributed by atoms with van der Waals surface area (Å²) in [6, 6.07) is 0.720. The molecule has 1 aromatic heterocycles. The van der Waals surface area contributed by atoms with Gasteiger partial charge in [0.2, 0.25) is 0 Å². The average Bonchev–Trinajstić information content (AvgIpc) is 2.86. The Kier molecular flexibility index (Phi) is 3.43. The molecule has 0 aromatic carbocycles. The summed E-state index contributed by atoms with van der Waals surface area (Å²) in [4.78, 5) is 4.29. The Balaban J connectivity index is 1.48. The zero-order chi connectivity index (χ0) is 11.5. The molecule has 4 nitrogen and oxygen atoms in total. The van der Waals surface area contributed by atoms with Crippen molar-refractivity contribution in [2.24, 2.45) is 0 Å². The van der Waals surface area contributed by atoms with E-state index in [0.717, 1.165) is 43.5 Å². The Labute approximate surface area is 102 Å². The molecule has 1 saturated heterocycles. The van der Waals surface area contributed by atoms with E-state index in [2.05, 4.69) is 10.3 Å². The largest absolute Gasteiger partial charge is 0.448 e. The quantitative estimate of drug-likeness (QED) is 0.821. The van der Waals surface area contributed by atoms with Gasteiger partial charge in [0.15, 0.2) is 6.39 Å². The van der Waals surface area contributed by atoms with Gasteiger partial charge in [-0.25, -0.2) is 4.98 Å². The highest BCUT2D eigenvalue weighted by molar-refractivity contribution is 5.08. The molecular weight excluding hydrogens is 216 g/mol. The highest BCUT2D eigenvalue weighted by atomic mass is 16.5. The molecule has 3 rings (SSSR count). The highest BCUT2D eigenvalue weighted by Crippen LogP contribution is 2.21. The van der Waals surface area contributed by atoms with Gasteiger partial charge in [-0.3, -0.25) is 0 Å². The Bertz CT molecular complexity index is 354. The number of aromatic nitrogens is 1. The first-order valence-corrected chi connectivity index (χ1v) is 6.68. The summed E-state index contributed by atoms with van der Waals surface area (Å²) in [5, 5.41) is 3.47.